The highest BCUT2D eigenvalue weighted by atomic mass is 32.1. The Balaban J connectivity index is 0.000000458. The van der Waals surface area contributed by atoms with Crippen LogP contribution in [0, 0.1) is 5.92 Å². The van der Waals surface area contributed by atoms with Gasteiger partial charge in [-0.15, -0.1) is 11.3 Å². The number of hydrogen-bond acceptors (Lipinski definition) is 8. The van der Waals surface area contributed by atoms with E-state index in [-0.39, 0.29) is 23.7 Å². The Hall–Kier alpha value is -3.88. The van der Waals surface area contributed by atoms with Crippen molar-refractivity contribution in [2.75, 3.05) is 6.61 Å². The summed E-state index contributed by atoms with van der Waals surface area (Å²) in [6, 6.07) is 17.9. The number of carbonyl (C=O) groups is 3. The van der Waals surface area contributed by atoms with Gasteiger partial charge in [-0.25, -0.2) is 9.78 Å². The Morgan fingerprint density at radius 2 is 1.74 bits per heavy atom. The summed E-state index contributed by atoms with van der Waals surface area (Å²) in [6.45, 7) is 6.38. The summed E-state index contributed by atoms with van der Waals surface area (Å²) < 4.78 is 10.9. The SMILES string of the molecule is CCOC(=O)/C(C)=C\C(C)=C\c1csc([C@@H](N)Cc2ccc(OCc3ccccc3)cc2)n1.O=CC(=O)C1CCCC1. The Morgan fingerprint density at radius 1 is 1.05 bits per heavy atom. The summed E-state index contributed by atoms with van der Waals surface area (Å²) >= 11 is 1.54. The van der Waals surface area contributed by atoms with E-state index in [0.717, 1.165) is 58.8 Å². The van der Waals surface area contributed by atoms with Gasteiger partial charge in [0.05, 0.1) is 18.3 Å². The van der Waals surface area contributed by atoms with Crippen molar-refractivity contribution in [3.63, 3.8) is 0 Å². The molecule has 1 aliphatic carbocycles. The third-order valence-corrected chi connectivity index (χ3v) is 7.77. The largest absolute Gasteiger partial charge is 0.489 e. The van der Waals surface area contributed by atoms with E-state index in [1.54, 1.807) is 31.3 Å². The fourth-order valence-corrected chi connectivity index (χ4v) is 5.35. The molecule has 4 rings (SSSR count). The molecule has 1 fully saturated rings. The predicted octanol–water partition coefficient (Wildman–Crippen LogP) is 6.82. The molecule has 0 bridgehead atoms. The van der Waals surface area contributed by atoms with E-state index in [2.05, 4.69) is 4.98 Å². The summed E-state index contributed by atoms with van der Waals surface area (Å²) in [5.41, 5.74) is 11.0. The first-order valence-corrected chi connectivity index (χ1v) is 15.2. The van der Waals surface area contributed by atoms with Gasteiger partial charge in [-0.2, -0.15) is 0 Å². The Kier molecular flexibility index (Phi) is 13.3. The van der Waals surface area contributed by atoms with Crippen molar-refractivity contribution in [3.05, 3.63) is 99.0 Å². The average Bonchev–Trinajstić information content (AvgIpc) is 3.70. The maximum atomic E-state index is 11.8. The van der Waals surface area contributed by atoms with Crippen LogP contribution in [0.3, 0.4) is 0 Å². The zero-order chi connectivity index (χ0) is 30.3. The highest BCUT2D eigenvalue weighted by molar-refractivity contribution is 7.09. The minimum atomic E-state index is -0.303. The summed E-state index contributed by atoms with van der Waals surface area (Å²) in [6.07, 6.45) is 8.97. The summed E-state index contributed by atoms with van der Waals surface area (Å²) in [5.74, 6) is 0.400. The molecule has 0 amide bonds. The van der Waals surface area contributed by atoms with Crippen molar-refractivity contribution in [1.82, 2.24) is 4.98 Å². The maximum Gasteiger partial charge on any atom is 0.333 e. The number of thiazole rings is 1. The topological polar surface area (TPSA) is 109 Å². The number of nitrogens with zero attached hydrogens (tertiary/aromatic N) is 1. The fourth-order valence-electron chi connectivity index (χ4n) is 4.57. The zero-order valence-electron chi connectivity index (χ0n) is 24.6. The third-order valence-electron chi connectivity index (χ3n) is 6.78. The van der Waals surface area contributed by atoms with Crippen LogP contribution in [0.2, 0.25) is 0 Å². The van der Waals surface area contributed by atoms with Crippen LogP contribution in [0.1, 0.15) is 74.3 Å². The van der Waals surface area contributed by atoms with E-state index in [9.17, 15) is 14.4 Å². The summed E-state index contributed by atoms with van der Waals surface area (Å²) in [4.78, 5) is 37.0. The van der Waals surface area contributed by atoms with Gasteiger partial charge < -0.3 is 15.2 Å². The van der Waals surface area contributed by atoms with E-state index < -0.39 is 0 Å². The second kappa shape index (κ2) is 17.2. The molecule has 1 aliphatic rings. The molecular weight excluding hydrogens is 548 g/mol. The molecule has 0 unspecified atom stereocenters. The fraction of sp³-hybridized carbons (Fsp3) is 0.353. The van der Waals surface area contributed by atoms with Crippen molar-refractivity contribution in [2.24, 2.45) is 11.7 Å². The van der Waals surface area contributed by atoms with Crippen LogP contribution in [-0.4, -0.2) is 29.6 Å². The highest BCUT2D eigenvalue weighted by Crippen LogP contribution is 2.25. The van der Waals surface area contributed by atoms with Crippen molar-refractivity contribution in [2.45, 2.75) is 65.5 Å². The zero-order valence-corrected chi connectivity index (χ0v) is 25.4. The number of nitrogens with two attached hydrogens (primary N) is 1. The first kappa shape index (κ1) is 32.6. The minimum Gasteiger partial charge on any atom is -0.489 e. The van der Waals surface area contributed by atoms with Gasteiger partial charge in [0.25, 0.3) is 0 Å². The smallest absolute Gasteiger partial charge is 0.333 e. The number of ether oxygens (including phenoxy) is 2. The number of aromatic nitrogens is 1. The van der Waals surface area contributed by atoms with E-state index in [1.165, 1.54) is 0 Å². The van der Waals surface area contributed by atoms with Gasteiger partial charge >= 0.3 is 5.97 Å². The summed E-state index contributed by atoms with van der Waals surface area (Å²) in [5, 5.41) is 2.86. The van der Waals surface area contributed by atoms with Crippen LogP contribution in [0.15, 0.2) is 77.2 Å². The molecule has 1 atom stereocenters. The molecule has 0 radical (unpaired) electrons. The second-order valence-corrected chi connectivity index (χ2v) is 11.2. The second-order valence-electron chi connectivity index (χ2n) is 10.3. The van der Waals surface area contributed by atoms with Crippen LogP contribution < -0.4 is 10.5 Å². The molecule has 7 nitrogen and oxygen atoms in total. The van der Waals surface area contributed by atoms with E-state index >= 15 is 0 Å². The summed E-state index contributed by atoms with van der Waals surface area (Å²) in [7, 11) is 0. The molecule has 2 aromatic carbocycles. The third kappa shape index (κ3) is 10.8. The molecule has 0 saturated heterocycles. The molecule has 3 aromatic rings. The minimum absolute atomic E-state index is 0.0718. The van der Waals surface area contributed by atoms with Crippen molar-refractivity contribution >= 4 is 35.5 Å². The van der Waals surface area contributed by atoms with Gasteiger partial charge in [0.1, 0.15) is 17.4 Å². The van der Waals surface area contributed by atoms with E-state index in [0.29, 0.717) is 31.5 Å². The maximum absolute atomic E-state index is 11.8. The van der Waals surface area contributed by atoms with E-state index in [1.807, 2.05) is 73.0 Å². The van der Waals surface area contributed by atoms with Crippen molar-refractivity contribution in [1.29, 1.82) is 0 Å². The van der Waals surface area contributed by atoms with Gasteiger partial charge in [-0.3, -0.25) is 9.59 Å². The first-order valence-electron chi connectivity index (χ1n) is 14.3. The molecule has 1 heterocycles. The number of Topliss-reactive ketones (excluding diaryl/α,β-unsaturated/α-hetero) is 1. The van der Waals surface area contributed by atoms with Crippen LogP contribution >= 0.6 is 11.3 Å². The van der Waals surface area contributed by atoms with E-state index in [4.69, 9.17) is 15.2 Å². The number of esters is 1. The number of ketones is 1. The molecular formula is C34H40N2O5S. The Bertz CT molecular complexity index is 1360. The van der Waals surface area contributed by atoms with Crippen LogP contribution in [0.25, 0.3) is 6.08 Å². The molecule has 2 N–H and O–H groups in total. The lowest BCUT2D eigenvalue weighted by molar-refractivity contribution is -0.138. The molecule has 222 valence electrons. The number of allylic oxidation sites excluding steroid dienone is 2. The molecule has 1 aromatic heterocycles. The molecule has 8 heteroatoms. The standard InChI is InChI=1S/C27H30N2O3S.C7H10O2/c1-4-31-27(30)20(3)14-19(2)15-23-18-33-26(29-23)25(28)16-21-10-12-24(13-11-21)32-17-22-8-6-5-7-9-22;8-5-7(9)6-3-1-2-4-6/h5-15,18,25H,4,16-17,28H2,1-3H3;5-6H,1-4H2/b19-15+,20-14-;/t25-;/m0./s1. The lowest BCUT2D eigenvalue weighted by atomic mass is 10.0. The number of aldehydes is 1. The molecule has 0 aliphatic heterocycles. The molecule has 42 heavy (non-hydrogen) atoms. The lowest BCUT2D eigenvalue weighted by Crippen LogP contribution is -2.13. The van der Waals surface area contributed by atoms with Gasteiger partial charge in [-0.1, -0.05) is 55.3 Å². The highest BCUT2D eigenvalue weighted by Gasteiger charge is 2.21. The average molecular weight is 589 g/mol. The van der Waals surface area contributed by atoms with Gasteiger partial charge in [-0.05, 0) is 81.0 Å². The molecule has 0 spiro atoms. The monoisotopic (exact) mass is 588 g/mol. The predicted molar refractivity (Wildman–Crippen MR) is 167 cm³/mol. The Labute approximate surface area is 252 Å². The normalized spacial score (nSPS) is 14.5. The van der Waals surface area contributed by atoms with Gasteiger partial charge in [0, 0.05) is 16.9 Å². The first-order chi connectivity index (χ1) is 20.3. The molecule has 1 saturated carbocycles. The van der Waals surface area contributed by atoms with Gasteiger partial charge in [0.15, 0.2) is 12.1 Å². The number of rotatable bonds is 12. The van der Waals surface area contributed by atoms with Crippen LogP contribution in [0.4, 0.5) is 0 Å². The Morgan fingerprint density at radius 3 is 2.38 bits per heavy atom. The number of carbonyl (C=O) groups excluding carboxylic acids is 3. The van der Waals surface area contributed by atoms with Crippen molar-refractivity contribution < 1.29 is 23.9 Å². The van der Waals surface area contributed by atoms with Crippen LogP contribution in [0.5, 0.6) is 5.75 Å². The number of hydrogen-bond donors (Lipinski definition) is 1. The van der Waals surface area contributed by atoms with Gasteiger partial charge in [0.2, 0.25) is 0 Å². The lowest BCUT2D eigenvalue weighted by Gasteiger charge is -2.10. The quantitative estimate of drug-likeness (QED) is 0.0813. The number of benzene rings is 2. The van der Waals surface area contributed by atoms with Crippen LogP contribution in [-0.2, 0) is 32.1 Å². The van der Waals surface area contributed by atoms with Crippen molar-refractivity contribution in [3.8, 4) is 5.75 Å².